The van der Waals surface area contributed by atoms with Crippen LogP contribution in [0.5, 0.6) is 5.75 Å². The third kappa shape index (κ3) is 7.99. The molecule has 0 aromatic heterocycles. The van der Waals surface area contributed by atoms with Gasteiger partial charge in [0.05, 0.1) is 0 Å². The Morgan fingerprint density at radius 2 is 1.38 bits per heavy atom. The summed E-state index contributed by atoms with van der Waals surface area (Å²) in [5.41, 5.74) is 5.53. The Kier molecular flexibility index (Phi) is 9.66. The minimum absolute atomic E-state index is 0.0986. The Morgan fingerprint density at radius 1 is 0.775 bits per heavy atom. The van der Waals surface area contributed by atoms with Crippen molar-refractivity contribution in [2.75, 3.05) is 0 Å². The zero-order valence-corrected chi connectivity index (χ0v) is 24.1. The van der Waals surface area contributed by atoms with Crippen LogP contribution in [0.2, 0.25) is 0 Å². The molecule has 0 aliphatic carbocycles. The van der Waals surface area contributed by atoms with Gasteiger partial charge < -0.3 is 14.4 Å². The quantitative estimate of drug-likeness (QED) is 0.153. The van der Waals surface area contributed by atoms with Crippen LogP contribution in [0.25, 0.3) is 0 Å². The molecule has 0 spiro atoms. The minimum atomic E-state index is -0.997. The first-order valence-corrected chi connectivity index (χ1v) is 14.3. The maximum Gasteiger partial charge on any atom is 0.345 e. The van der Waals surface area contributed by atoms with Crippen molar-refractivity contribution in [3.05, 3.63) is 100 Å². The van der Waals surface area contributed by atoms with E-state index in [9.17, 15) is 9.59 Å². The molecule has 1 aliphatic heterocycles. The van der Waals surface area contributed by atoms with E-state index in [2.05, 4.69) is 50.0 Å². The molecule has 3 aromatic rings. The van der Waals surface area contributed by atoms with Gasteiger partial charge in [0.25, 0.3) is 0 Å². The Hall–Kier alpha value is -4.04. The highest BCUT2D eigenvalue weighted by Crippen LogP contribution is 2.32. The highest BCUT2D eigenvalue weighted by atomic mass is 16.7. The summed E-state index contributed by atoms with van der Waals surface area (Å²) < 4.78 is 11.2. The summed E-state index contributed by atoms with van der Waals surface area (Å²) >= 11 is 0. The number of hydrogen-bond donors (Lipinski definition) is 0. The van der Waals surface area contributed by atoms with E-state index in [0.717, 1.165) is 54.4 Å². The van der Waals surface area contributed by atoms with E-state index in [1.807, 2.05) is 35.2 Å². The predicted octanol–water partition coefficient (Wildman–Crippen LogP) is 7.43. The highest BCUT2D eigenvalue weighted by Gasteiger charge is 2.34. The molecule has 0 atom stereocenters. The fraction of sp³-hybridized carbons (Fsp3) is 0.371. The van der Waals surface area contributed by atoms with Gasteiger partial charge in [0.15, 0.2) is 0 Å². The maximum absolute atomic E-state index is 13.2. The van der Waals surface area contributed by atoms with Crippen molar-refractivity contribution in [1.29, 1.82) is 0 Å². The average Bonchev–Trinajstić information content (AvgIpc) is 2.93. The summed E-state index contributed by atoms with van der Waals surface area (Å²) in [7, 11) is 0. The number of rotatable bonds is 10. The van der Waals surface area contributed by atoms with E-state index >= 15 is 0 Å². The molecule has 0 unspecified atom stereocenters. The second-order valence-electron chi connectivity index (χ2n) is 10.8. The average molecular weight is 538 g/mol. The standard InChI is InChI=1S/C35H39NO4/c1-5-7-8-10-33(37)36(25-30-21-22-32-31(23-30)34(38)40-35(3,4)39-32)24-29-19-17-28(18-20-29)16-15-27-13-11-26(9-6-2)12-14-27/h11-14,17-23H,5-10,24-25H2,1-4H3. The molecule has 1 aliphatic rings. The number of amides is 1. The first-order chi connectivity index (χ1) is 19.3. The summed E-state index contributed by atoms with van der Waals surface area (Å²) in [6.07, 6.45) is 5.65. The van der Waals surface area contributed by atoms with Crippen molar-refractivity contribution in [2.45, 2.75) is 85.1 Å². The van der Waals surface area contributed by atoms with Crippen molar-refractivity contribution >= 4 is 11.9 Å². The van der Waals surface area contributed by atoms with Crippen molar-refractivity contribution in [2.24, 2.45) is 0 Å². The lowest BCUT2D eigenvalue weighted by Gasteiger charge is -2.32. The van der Waals surface area contributed by atoms with Crippen LogP contribution in [0.1, 0.15) is 98.0 Å². The maximum atomic E-state index is 13.2. The van der Waals surface area contributed by atoms with Crippen LogP contribution in [0.3, 0.4) is 0 Å². The van der Waals surface area contributed by atoms with E-state index in [1.165, 1.54) is 5.56 Å². The van der Waals surface area contributed by atoms with Crippen LogP contribution in [-0.4, -0.2) is 22.6 Å². The van der Waals surface area contributed by atoms with Gasteiger partial charge in [-0.2, -0.15) is 0 Å². The van der Waals surface area contributed by atoms with E-state index in [1.54, 1.807) is 26.0 Å². The van der Waals surface area contributed by atoms with Crippen LogP contribution in [0.15, 0.2) is 66.7 Å². The number of aryl methyl sites for hydroxylation is 1. The van der Waals surface area contributed by atoms with Gasteiger partial charge in [-0.1, -0.05) is 75.3 Å². The lowest BCUT2D eigenvalue weighted by molar-refractivity contribution is -0.132. The Labute approximate surface area is 238 Å². The van der Waals surface area contributed by atoms with Crippen LogP contribution >= 0.6 is 0 Å². The van der Waals surface area contributed by atoms with Gasteiger partial charge in [0.2, 0.25) is 11.7 Å². The van der Waals surface area contributed by atoms with E-state index in [4.69, 9.17) is 9.47 Å². The number of carbonyl (C=O) groups excluding carboxylic acids is 2. The van der Waals surface area contributed by atoms with Gasteiger partial charge in [-0.3, -0.25) is 4.79 Å². The van der Waals surface area contributed by atoms with Gasteiger partial charge in [0, 0.05) is 44.5 Å². The van der Waals surface area contributed by atoms with Crippen LogP contribution in [0.4, 0.5) is 0 Å². The second kappa shape index (κ2) is 13.3. The largest absolute Gasteiger partial charge is 0.452 e. The molecule has 1 heterocycles. The van der Waals surface area contributed by atoms with E-state index in [0.29, 0.717) is 30.8 Å². The zero-order chi connectivity index (χ0) is 28.5. The molecule has 0 bridgehead atoms. The van der Waals surface area contributed by atoms with Gasteiger partial charge in [-0.25, -0.2) is 4.79 Å². The molecular formula is C35H39NO4. The fourth-order valence-corrected chi connectivity index (χ4v) is 4.73. The summed E-state index contributed by atoms with van der Waals surface area (Å²) in [5, 5.41) is 0. The van der Waals surface area contributed by atoms with E-state index < -0.39 is 11.8 Å². The van der Waals surface area contributed by atoms with Crippen molar-refractivity contribution < 1.29 is 19.1 Å². The molecule has 208 valence electrons. The number of ether oxygens (including phenoxy) is 2. The van der Waals surface area contributed by atoms with Crippen LogP contribution in [-0.2, 0) is 29.0 Å². The normalized spacial score (nSPS) is 13.3. The third-order valence-electron chi connectivity index (χ3n) is 6.85. The Balaban J connectivity index is 1.47. The fourth-order valence-electron chi connectivity index (χ4n) is 4.73. The van der Waals surface area contributed by atoms with Gasteiger partial charge in [0.1, 0.15) is 11.3 Å². The predicted molar refractivity (Wildman–Crippen MR) is 158 cm³/mol. The molecular weight excluding hydrogens is 498 g/mol. The number of unbranched alkanes of at least 4 members (excludes halogenated alkanes) is 2. The topological polar surface area (TPSA) is 55.8 Å². The second-order valence-corrected chi connectivity index (χ2v) is 10.8. The van der Waals surface area contributed by atoms with E-state index in [-0.39, 0.29) is 5.91 Å². The Bertz CT molecular complexity index is 1380. The molecule has 0 radical (unpaired) electrons. The first kappa shape index (κ1) is 29.0. The summed E-state index contributed by atoms with van der Waals surface area (Å²) in [6.45, 7) is 8.59. The lowest BCUT2D eigenvalue weighted by atomic mass is 10.1. The summed E-state index contributed by atoms with van der Waals surface area (Å²) in [6, 6.07) is 22.0. The molecule has 0 fully saturated rings. The molecule has 0 saturated heterocycles. The number of carbonyl (C=O) groups is 2. The number of benzene rings is 3. The monoisotopic (exact) mass is 537 g/mol. The number of cyclic esters (lactones) is 1. The zero-order valence-electron chi connectivity index (χ0n) is 24.1. The number of nitrogens with zero attached hydrogens (tertiary/aromatic N) is 1. The first-order valence-electron chi connectivity index (χ1n) is 14.3. The number of hydrogen-bond acceptors (Lipinski definition) is 4. The molecule has 0 saturated carbocycles. The Morgan fingerprint density at radius 3 is 2.00 bits per heavy atom. The molecule has 40 heavy (non-hydrogen) atoms. The van der Waals surface area contributed by atoms with Crippen molar-refractivity contribution in [3.63, 3.8) is 0 Å². The molecule has 1 amide bonds. The lowest BCUT2D eigenvalue weighted by Crippen LogP contribution is -2.39. The van der Waals surface area contributed by atoms with Crippen molar-refractivity contribution in [3.8, 4) is 17.6 Å². The summed E-state index contributed by atoms with van der Waals surface area (Å²) in [4.78, 5) is 27.7. The molecule has 0 N–H and O–H groups in total. The number of fused-ring (bicyclic) bond motifs is 1. The van der Waals surface area contributed by atoms with Crippen molar-refractivity contribution in [1.82, 2.24) is 4.90 Å². The van der Waals surface area contributed by atoms with Gasteiger partial charge in [-0.05, 0) is 65.9 Å². The smallest absolute Gasteiger partial charge is 0.345 e. The molecule has 5 nitrogen and oxygen atoms in total. The number of esters is 1. The van der Waals surface area contributed by atoms with Crippen LogP contribution in [0, 0.1) is 11.8 Å². The van der Waals surface area contributed by atoms with Gasteiger partial charge >= 0.3 is 5.97 Å². The SMILES string of the molecule is CCCCCC(=O)N(Cc1ccc(C#Cc2ccc(CCC)cc2)cc1)Cc1ccc2c(c1)C(=O)OC(C)(C)O2. The van der Waals surface area contributed by atoms with Crippen LogP contribution < -0.4 is 4.74 Å². The van der Waals surface area contributed by atoms with Gasteiger partial charge in [-0.15, -0.1) is 0 Å². The molecule has 4 rings (SSSR count). The summed E-state index contributed by atoms with van der Waals surface area (Å²) in [5.74, 6) is 5.67. The highest BCUT2D eigenvalue weighted by molar-refractivity contribution is 5.93. The third-order valence-corrected chi connectivity index (χ3v) is 6.85. The molecule has 5 heteroatoms. The molecule has 3 aromatic carbocycles. The minimum Gasteiger partial charge on any atom is -0.452 e.